The molecule has 4 N–H and O–H groups in total. The largest absolute Gasteiger partial charge is 0.478 e. The fourth-order valence-corrected chi connectivity index (χ4v) is 6.95. The molecular weight excluding hydrogens is 729 g/mol. The summed E-state index contributed by atoms with van der Waals surface area (Å²) >= 11 is 0. The Morgan fingerprint density at radius 3 is 0.500 bits per heavy atom. The quantitative estimate of drug-likeness (QED) is 0.0899. The molecule has 0 saturated carbocycles. The van der Waals surface area contributed by atoms with E-state index in [0.29, 0.717) is 0 Å². The van der Waals surface area contributed by atoms with Gasteiger partial charge in [-0.2, -0.15) is 0 Å². The van der Waals surface area contributed by atoms with Crippen LogP contribution >= 0.6 is 0 Å². The normalized spacial score (nSPS) is 10.6. The minimum atomic E-state index is -1.06. The summed E-state index contributed by atoms with van der Waals surface area (Å²) in [6.07, 6.45) is 0. The summed E-state index contributed by atoms with van der Waals surface area (Å²) in [6.45, 7) is 0. The summed E-state index contributed by atoms with van der Waals surface area (Å²) in [5, 5.41) is 38.7. The van der Waals surface area contributed by atoms with Crippen molar-refractivity contribution in [2.45, 2.75) is 0 Å². The zero-order valence-corrected chi connectivity index (χ0v) is 30.7. The minimum absolute atomic E-state index is 0.126. The monoisotopic (exact) mass is 762 g/mol. The Balaban J connectivity index is 1.50. The first-order valence-electron chi connectivity index (χ1n) is 18.1. The van der Waals surface area contributed by atoms with Crippen LogP contribution in [0.15, 0.2) is 182 Å². The Labute approximate surface area is 333 Å². The van der Waals surface area contributed by atoms with E-state index in [2.05, 4.69) is 0 Å². The van der Waals surface area contributed by atoms with Crippen molar-refractivity contribution >= 4 is 46.2 Å². The van der Waals surface area contributed by atoms with E-state index in [9.17, 15) is 39.6 Å². The van der Waals surface area contributed by atoms with Crippen molar-refractivity contribution in [1.82, 2.24) is 0 Å². The molecule has 8 nitrogen and oxygen atoms in total. The Bertz CT molecular complexity index is 2380. The maximum atomic E-state index is 11.8. The van der Waals surface area contributed by atoms with Crippen molar-refractivity contribution in [1.29, 1.82) is 0 Å². The van der Waals surface area contributed by atoms with Gasteiger partial charge < -0.3 is 20.4 Å². The van der Waals surface area contributed by atoms with Gasteiger partial charge in [0.05, 0.1) is 22.3 Å². The molecule has 0 aliphatic carbocycles. The first kappa shape index (κ1) is 38.2. The summed E-state index contributed by atoms with van der Waals surface area (Å²) in [5.41, 5.74) is 9.90. The molecule has 282 valence electrons. The van der Waals surface area contributed by atoms with Crippen molar-refractivity contribution in [2.24, 2.45) is 0 Å². The van der Waals surface area contributed by atoms with Crippen LogP contribution in [0.4, 0.5) is 0 Å². The van der Waals surface area contributed by atoms with Crippen LogP contribution in [0.2, 0.25) is 0 Å². The molecule has 7 rings (SSSR count). The van der Waals surface area contributed by atoms with Crippen LogP contribution < -0.4 is 0 Å². The molecule has 7 aromatic carbocycles. The molecule has 8 heteroatoms. The lowest BCUT2D eigenvalue weighted by Crippen LogP contribution is -2.02. The molecule has 58 heavy (non-hydrogen) atoms. The standard InChI is InChI=1S/C50H34O8/c51-47(52)39-23-15-35(16-24-39)45(36-17-25-40(26-18-36)48(53)54)43(31-7-3-1-4-8-31)33-11-13-34(14-12-33)44(32-9-5-2-6-10-32)46(37-19-27-41(28-20-37)49(55)56)38-21-29-42(30-22-38)50(57)58/h1-30H,(H,51,52)(H,53,54)(H,55,56)(H,57,58). The maximum absolute atomic E-state index is 11.8. The maximum Gasteiger partial charge on any atom is 0.335 e. The third kappa shape index (κ3) is 8.12. The highest BCUT2D eigenvalue weighted by Gasteiger charge is 2.21. The van der Waals surface area contributed by atoms with Crippen molar-refractivity contribution in [3.63, 3.8) is 0 Å². The highest BCUT2D eigenvalue weighted by Crippen LogP contribution is 2.40. The Morgan fingerprint density at radius 2 is 0.345 bits per heavy atom. The lowest BCUT2D eigenvalue weighted by atomic mass is 9.83. The van der Waals surface area contributed by atoms with Crippen molar-refractivity contribution in [3.8, 4) is 0 Å². The molecule has 0 spiro atoms. The second-order valence-corrected chi connectivity index (χ2v) is 13.3. The number of carbonyl (C=O) groups is 4. The van der Waals surface area contributed by atoms with Gasteiger partial charge in [-0.1, -0.05) is 133 Å². The molecule has 0 radical (unpaired) electrons. The molecular formula is C50H34O8. The zero-order valence-electron chi connectivity index (χ0n) is 30.7. The van der Waals surface area contributed by atoms with Crippen LogP contribution in [-0.2, 0) is 0 Å². The van der Waals surface area contributed by atoms with Crippen molar-refractivity contribution in [3.05, 3.63) is 249 Å². The SMILES string of the molecule is O=C(O)c1ccc(C(=C(c2ccccc2)c2ccc(C(=C(c3ccc(C(=O)O)cc3)c3ccc(C(=O)O)cc3)c3ccccc3)cc2)c2ccc(C(=O)O)cc2)cc1. The number of carboxylic acid groups (broad SMARTS) is 4. The van der Waals surface area contributed by atoms with Gasteiger partial charge in [0.15, 0.2) is 0 Å². The van der Waals surface area contributed by atoms with Gasteiger partial charge in [-0.15, -0.1) is 0 Å². The lowest BCUT2D eigenvalue weighted by Gasteiger charge is -2.20. The predicted octanol–water partition coefficient (Wildman–Crippen LogP) is 10.5. The zero-order chi connectivity index (χ0) is 40.8. The van der Waals surface area contributed by atoms with E-state index < -0.39 is 23.9 Å². The number of aromatic carboxylic acids is 4. The van der Waals surface area contributed by atoms with Gasteiger partial charge in [0.25, 0.3) is 0 Å². The van der Waals surface area contributed by atoms with Gasteiger partial charge in [0.1, 0.15) is 0 Å². The second kappa shape index (κ2) is 16.7. The predicted molar refractivity (Wildman–Crippen MR) is 223 cm³/mol. The van der Waals surface area contributed by atoms with Crippen LogP contribution in [0.25, 0.3) is 22.3 Å². The van der Waals surface area contributed by atoms with E-state index in [0.717, 1.165) is 66.8 Å². The molecule has 0 aliphatic rings. The van der Waals surface area contributed by atoms with E-state index >= 15 is 0 Å². The molecule has 0 fully saturated rings. The van der Waals surface area contributed by atoms with Gasteiger partial charge in [-0.05, 0) is 115 Å². The molecule has 0 amide bonds. The van der Waals surface area contributed by atoms with Gasteiger partial charge in [0, 0.05) is 0 Å². The molecule has 0 aliphatic heterocycles. The number of hydrogen-bond donors (Lipinski definition) is 4. The Kier molecular flexibility index (Phi) is 11.0. The summed E-state index contributed by atoms with van der Waals surface area (Å²) in [6, 6.07) is 53.7. The minimum Gasteiger partial charge on any atom is -0.478 e. The Morgan fingerprint density at radius 1 is 0.207 bits per heavy atom. The topological polar surface area (TPSA) is 149 Å². The summed E-state index contributed by atoms with van der Waals surface area (Å²) in [4.78, 5) is 47.3. The number of carboxylic acids is 4. The van der Waals surface area contributed by atoms with Crippen molar-refractivity contribution in [2.75, 3.05) is 0 Å². The number of rotatable bonds is 12. The van der Waals surface area contributed by atoms with Crippen LogP contribution in [-0.4, -0.2) is 44.3 Å². The average Bonchev–Trinajstić information content (AvgIpc) is 3.25. The smallest absolute Gasteiger partial charge is 0.335 e. The highest BCUT2D eigenvalue weighted by molar-refractivity contribution is 6.07. The van der Waals surface area contributed by atoms with Gasteiger partial charge >= 0.3 is 23.9 Å². The van der Waals surface area contributed by atoms with Gasteiger partial charge in [-0.25, -0.2) is 19.2 Å². The fourth-order valence-electron chi connectivity index (χ4n) is 6.95. The molecule has 0 unspecified atom stereocenters. The third-order valence-corrected chi connectivity index (χ3v) is 9.77. The molecule has 7 aromatic rings. The van der Waals surface area contributed by atoms with E-state index in [1.54, 1.807) is 97.1 Å². The number of hydrogen-bond acceptors (Lipinski definition) is 4. The van der Waals surface area contributed by atoms with E-state index in [1.807, 2.05) is 84.9 Å². The van der Waals surface area contributed by atoms with Crippen molar-refractivity contribution < 1.29 is 39.6 Å². The van der Waals surface area contributed by atoms with Crippen LogP contribution in [0.3, 0.4) is 0 Å². The first-order chi connectivity index (χ1) is 28.1. The summed E-state index contributed by atoms with van der Waals surface area (Å²) < 4.78 is 0. The molecule has 0 saturated heterocycles. The third-order valence-electron chi connectivity index (χ3n) is 9.77. The molecule has 0 bridgehead atoms. The van der Waals surface area contributed by atoms with Crippen LogP contribution in [0, 0.1) is 0 Å². The van der Waals surface area contributed by atoms with Gasteiger partial charge in [-0.3, -0.25) is 0 Å². The number of benzene rings is 7. The summed E-state index contributed by atoms with van der Waals surface area (Å²) in [7, 11) is 0. The van der Waals surface area contributed by atoms with E-state index in [4.69, 9.17) is 0 Å². The van der Waals surface area contributed by atoms with Gasteiger partial charge in [0.2, 0.25) is 0 Å². The van der Waals surface area contributed by atoms with Crippen LogP contribution in [0.1, 0.15) is 85.9 Å². The molecule has 0 atom stereocenters. The highest BCUT2D eigenvalue weighted by atomic mass is 16.4. The molecule has 0 aromatic heterocycles. The summed E-state index contributed by atoms with van der Waals surface area (Å²) in [5.74, 6) is -4.23. The first-order valence-corrected chi connectivity index (χ1v) is 18.1. The van der Waals surface area contributed by atoms with E-state index in [1.165, 1.54) is 0 Å². The second-order valence-electron chi connectivity index (χ2n) is 13.3. The van der Waals surface area contributed by atoms with E-state index in [-0.39, 0.29) is 22.3 Å². The fraction of sp³-hybridized carbons (Fsp3) is 0. The molecule has 0 heterocycles. The average molecular weight is 763 g/mol. The lowest BCUT2D eigenvalue weighted by molar-refractivity contribution is 0.0686. The van der Waals surface area contributed by atoms with Crippen LogP contribution in [0.5, 0.6) is 0 Å². The Hall–Kier alpha value is -8.10.